The van der Waals surface area contributed by atoms with Gasteiger partial charge < -0.3 is 29.7 Å². The van der Waals surface area contributed by atoms with Crippen LogP contribution in [0.4, 0.5) is 21.9 Å². The van der Waals surface area contributed by atoms with Crippen molar-refractivity contribution in [1.82, 2.24) is 14.9 Å². The zero-order chi connectivity index (χ0) is 34.3. The molecular formula is C36H37ClN6O5. The second-order valence-electron chi connectivity index (χ2n) is 12.1. The number of rotatable bonds is 10. The van der Waals surface area contributed by atoms with E-state index in [0.29, 0.717) is 63.2 Å². The summed E-state index contributed by atoms with van der Waals surface area (Å²) in [4.78, 5) is 36.2. The number of ether oxygens (including phenoxy) is 3. The molecule has 12 heteroatoms. The number of nitriles is 1. The van der Waals surface area contributed by atoms with E-state index >= 15 is 0 Å². The van der Waals surface area contributed by atoms with Gasteiger partial charge in [-0.1, -0.05) is 23.7 Å². The van der Waals surface area contributed by atoms with Crippen molar-refractivity contribution in [2.75, 3.05) is 23.8 Å². The third-order valence-electron chi connectivity index (χ3n) is 7.35. The van der Waals surface area contributed by atoms with Crippen molar-refractivity contribution in [2.45, 2.75) is 58.8 Å². The molecule has 1 atom stereocenters. The smallest absolute Gasteiger partial charge is 0.410 e. The number of amides is 2. The molecule has 5 rings (SSSR count). The molecule has 2 aromatic carbocycles. The van der Waals surface area contributed by atoms with Gasteiger partial charge in [-0.3, -0.25) is 14.8 Å². The van der Waals surface area contributed by atoms with Crippen LogP contribution in [0, 0.1) is 11.3 Å². The number of aromatic nitrogens is 2. The number of carbonyl (C=O) groups is 2. The molecule has 0 aliphatic carbocycles. The van der Waals surface area contributed by atoms with E-state index in [4.69, 9.17) is 25.8 Å². The maximum Gasteiger partial charge on any atom is 0.410 e. The number of pyridine rings is 2. The highest BCUT2D eigenvalue weighted by Gasteiger charge is 2.30. The molecule has 2 N–H and O–H groups in total. The highest BCUT2D eigenvalue weighted by atomic mass is 35.5. The molecule has 3 heterocycles. The van der Waals surface area contributed by atoms with E-state index in [9.17, 15) is 14.9 Å². The number of likely N-dealkylation sites (tertiary alicyclic amines) is 1. The molecule has 0 saturated carbocycles. The van der Waals surface area contributed by atoms with Crippen molar-refractivity contribution < 1.29 is 23.8 Å². The molecular weight excluding hydrogens is 632 g/mol. The first-order chi connectivity index (χ1) is 23.0. The van der Waals surface area contributed by atoms with Gasteiger partial charge in [-0.05, 0) is 76.9 Å². The maximum atomic E-state index is 13.2. The zero-order valence-electron chi connectivity index (χ0n) is 27.2. The summed E-state index contributed by atoms with van der Waals surface area (Å²) in [7, 11) is 0. The van der Waals surface area contributed by atoms with Crippen LogP contribution in [0.25, 0.3) is 10.9 Å². The highest BCUT2D eigenvalue weighted by Crippen LogP contribution is 2.37. The predicted molar refractivity (Wildman–Crippen MR) is 185 cm³/mol. The third-order valence-corrected chi connectivity index (χ3v) is 7.64. The van der Waals surface area contributed by atoms with E-state index in [1.807, 2.05) is 45.9 Å². The number of halogens is 1. The number of hydrogen-bond donors (Lipinski definition) is 2. The van der Waals surface area contributed by atoms with Gasteiger partial charge in [0.05, 0.1) is 45.8 Å². The molecule has 11 nitrogen and oxygen atoms in total. The summed E-state index contributed by atoms with van der Waals surface area (Å²) < 4.78 is 17.2. The number of fused-ring (bicyclic) bond motifs is 1. The third kappa shape index (κ3) is 8.52. The molecule has 0 unspecified atom stereocenters. The van der Waals surface area contributed by atoms with Crippen molar-refractivity contribution in [3.63, 3.8) is 0 Å². The van der Waals surface area contributed by atoms with Crippen LogP contribution in [0.1, 0.15) is 51.8 Å². The lowest BCUT2D eigenvalue weighted by atomic mass is 10.1. The summed E-state index contributed by atoms with van der Waals surface area (Å²) in [5.41, 5.74) is 2.48. The lowest BCUT2D eigenvalue weighted by Crippen LogP contribution is -2.39. The molecule has 0 radical (unpaired) electrons. The van der Waals surface area contributed by atoms with Crippen LogP contribution in [0.3, 0.4) is 0 Å². The molecule has 1 saturated heterocycles. The van der Waals surface area contributed by atoms with Crippen LogP contribution in [0.2, 0.25) is 5.02 Å². The SMILES string of the molecule is CCOc1cc2ncc(C#N)c(Nc3ccc(OCc4ccccn4)c(Cl)c3)c2cc1NC(=O)C=C[C@@H]1CCCN1C(=O)OC(C)(C)C. The first-order valence-corrected chi connectivity index (χ1v) is 16.0. The summed E-state index contributed by atoms with van der Waals surface area (Å²) in [5.74, 6) is 0.501. The summed E-state index contributed by atoms with van der Waals surface area (Å²) in [6.07, 6.45) is 7.43. The quantitative estimate of drug-likeness (QED) is 0.162. The standard InChI is InChI=1S/C36H37ClN6O5/c1-5-46-32-19-29-27(18-30(32)42-33(44)14-12-26-10-8-16-43(26)35(45)48-36(2,3)4)34(23(20-38)21-40-29)41-24-11-13-31(28(37)17-24)47-22-25-9-6-7-15-39-25/h6-7,9,11-15,17-19,21,26H,5,8,10,16,22H2,1-4H3,(H,40,41)(H,42,44)/t26-/m0/s1. The van der Waals surface area contributed by atoms with Crippen molar-refractivity contribution in [2.24, 2.45) is 0 Å². The number of hydrogen-bond acceptors (Lipinski definition) is 9. The Morgan fingerprint density at radius 1 is 1.12 bits per heavy atom. The van der Waals surface area contributed by atoms with Crippen molar-refractivity contribution >= 4 is 51.6 Å². The Morgan fingerprint density at radius 2 is 1.96 bits per heavy atom. The lowest BCUT2D eigenvalue weighted by Gasteiger charge is -2.27. The number of benzene rings is 2. The summed E-state index contributed by atoms with van der Waals surface area (Å²) in [6.45, 7) is 8.47. The van der Waals surface area contributed by atoms with Gasteiger partial charge in [0.1, 0.15) is 29.8 Å². The van der Waals surface area contributed by atoms with Gasteiger partial charge in [0, 0.05) is 42.2 Å². The van der Waals surface area contributed by atoms with Crippen molar-refractivity contribution in [3.05, 3.63) is 89.4 Å². The minimum atomic E-state index is -0.615. The maximum absolute atomic E-state index is 13.2. The first kappa shape index (κ1) is 34.0. The Kier molecular flexibility index (Phi) is 10.7. The lowest BCUT2D eigenvalue weighted by molar-refractivity contribution is -0.112. The molecule has 248 valence electrons. The van der Waals surface area contributed by atoms with Gasteiger partial charge in [-0.25, -0.2) is 4.79 Å². The average Bonchev–Trinajstić information content (AvgIpc) is 3.53. The Morgan fingerprint density at radius 3 is 2.67 bits per heavy atom. The zero-order valence-corrected chi connectivity index (χ0v) is 28.0. The van der Waals surface area contributed by atoms with Crippen LogP contribution in [-0.4, -0.2) is 51.7 Å². The van der Waals surface area contributed by atoms with Gasteiger partial charge in [0.25, 0.3) is 0 Å². The van der Waals surface area contributed by atoms with Crippen LogP contribution in [-0.2, 0) is 16.1 Å². The minimum absolute atomic E-state index is 0.259. The van der Waals surface area contributed by atoms with Gasteiger partial charge in [0.2, 0.25) is 5.91 Å². The van der Waals surface area contributed by atoms with E-state index in [-0.39, 0.29) is 12.6 Å². The molecule has 1 aliphatic heterocycles. The number of nitrogens with one attached hydrogen (secondary N) is 2. The first-order valence-electron chi connectivity index (χ1n) is 15.6. The van der Waals surface area contributed by atoms with Crippen molar-refractivity contribution in [3.8, 4) is 17.6 Å². The van der Waals surface area contributed by atoms with Crippen molar-refractivity contribution in [1.29, 1.82) is 5.26 Å². The molecule has 1 aliphatic rings. The monoisotopic (exact) mass is 668 g/mol. The summed E-state index contributed by atoms with van der Waals surface area (Å²) in [5, 5.41) is 17.1. The molecule has 2 amide bonds. The van der Waals surface area contributed by atoms with Gasteiger partial charge in [-0.2, -0.15) is 5.26 Å². The number of carbonyl (C=O) groups excluding carboxylic acids is 2. The normalized spacial score (nSPS) is 14.5. The van der Waals surface area contributed by atoms with E-state index < -0.39 is 17.6 Å². The Bertz CT molecular complexity index is 1870. The van der Waals surface area contributed by atoms with Gasteiger partial charge in [0.15, 0.2) is 0 Å². The Hall–Kier alpha value is -5.34. The molecule has 2 aromatic heterocycles. The Balaban J connectivity index is 1.38. The summed E-state index contributed by atoms with van der Waals surface area (Å²) >= 11 is 6.56. The fraction of sp³-hybridized carbons (Fsp3) is 0.306. The number of nitrogens with zero attached hydrogens (tertiary/aromatic N) is 4. The van der Waals surface area contributed by atoms with E-state index in [2.05, 4.69) is 26.7 Å². The van der Waals surface area contributed by atoms with Crippen LogP contribution in [0.5, 0.6) is 11.5 Å². The molecule has 0 spiro atoms. The second kappa shape index (κ2) is 15.0. The van der Waals surface area contributed by atoms with Crippen LogP contribution < -0.4 is 20.1 Å². The second-order valence-corrected chi connectivity index (χ2v) is 12.5. The fourth-order valence-corrected chi connectivity index (χ4v) is 5.43. The van der Waals surface area contributed by atoms with Crippen LogP contribution >= 0.6 is 11.6 Å². The van der Waals surface area contributed by atoms with Crippen LogP contribution in [0.15, 0.2) is 73.1 Å². The fourth-order valence-electron chi connectivity index (χ4n) is 5.20. The Labute approximate surface area is 284 Å². The molecule has 48 heavy (non-hydrogen) atoms. The molecule has 4 aromatic rings. The number of anilines is 3. The van der Waals surface area contributed by atoms with E-state index in [1.165, 1.54) is 12.3 Å². The topological polar surface area (TPSA) is 139 Å². The van der Waals surface area contributed by atoms with E-state index in [1.54, 1.807) is 47.5 Å². The average molecular weight is 669 g/mol. The molecule has 1 fully saturated rings. The highest BCUT2D eigenvalue weighted by molar-refractivity contribution is 6.32. The van der Waals surface area contributed by atoms with Gasteiger partial charge in [-0.15, -0.1) is 0 Å². The predicted octanol–water partition coefficient (Wildman–Crippen LogP) is 7.77. The largest absolute Gasteiger partial charge is 0.492 e. The van der Waals surface area contributed by atoms with Gasteiger partial charge >= 0.3 is 6.09 Å². The molecule has 0 bridgehead atoms. The minimum Gasteiger partial charge on any atom is -0.492 e. The summed E-state index contributed by atoms with van der Waals surface area (Å²) in [6, 6.07) is 16.2. The van der Waals surface area contributed by atoms with E-state index in [0.717, 1.165) is 18.5 Å².